The van der Waals surface area contributed by atoms with Crippen LogP contribution in [0.1, 0.15) is 51.5 Å². The largest absolute Gasteiger partial charge is 0.389 e. The number of nitrogens with one attached hydrogen (secondary N) is 1. The Morgan fingerprint density at radius 3 is 2.69 bits per heavy atom. The van der Waals surface area contributed by atoms with Crippen LogP contribution >= 0.6 is 11.6 Å². The maximum Gasteiger partial charge on any atom is 0.229 e. The van der Waals surface area contributed by atoms with Crippen LogP contribution in [0.5, 0.6) is 0 Å². The van der Waals surface area contributed by atoms with Crippen molar-refractivity contribution in [1.29, 1.82) is 0 Å². The van der Waals surface area contributed by atoms with Crippen LogP contribution < -0.4 is 5.32 Å². The van der Waals surface area contributed by atoms with E-state index in [1.165, 1.54) is 0 Å². The van der Waals surface area contributed by atoms with Crippen molar-refractivity contribution in [3.8, 4) is 0 Å². The molecule has 3 heterocycles. The fourth-order valence-electron chi connectivity index (χ4n) is 5.84. The Morgan fingerprint density at radius 1 is 1.29 bits per heavy atom. The average molecular weight is 502 g/mol. The van der Waals surface area contributed by atoms with Crippen LogP contribution in [0.3, 0.4) is 0 Å². The maximum atomic E-state index is 12.8. The third-order valence-electron chi connectivity index (χ3n) is 8.68. The molecule has 3 fully saturated rings. The number of aromatic nitrogens is 1. The van der Waals surface area contributed by atoms with Crippen LogP contribution in [0.15, 0.2) is 24.4 Å². The topological polar surface area (TPSA) is 83.9 Å². The molecule has 2 aliphatic heterocycles. The lowest BCUT2D eigenvalue weighted by Crippen LogP contribution is -2.56. The lowest BCUT2D eigenvalue weighted by atomic mass is 9.85. The summed E-state index contributed by atoms with van der Waals surface area (Å²) in [5.41, 5.74) is 0.524. The van der Waals surface area contributed by atoms with Gasteiger partial charge in [0, 0.05) is 29.6 Å². The van der Waals surface area contributed by atoms with Gasteiger partial charge in [0.05, 0.1) is 30.5 Å². The van der Waals surface area contributed by atoms with Crippen molar-refractivity contribution in [3.05, 3.63) is 35.0 Å². The summed E-state index contributed by atoms with van der Waals surface area (Å²) in [5, 5.41) is 16.1. The standard InChI is InChI=1S/C27H36ClN3O4/c1-26(2,34-4)21-12-20(21)25(33)30-24-11-17-9-19(22(28)10-18(17)13-29-24)16-5-7-31(8-6-16)27(3)15-35-14-23(27)32/h9-11,13,16,20-21,23,32H,5-8,12,14-15H2,1-4H3,(H,29,30,33)/t20?,21?,23-,27+/m0/s1. The highest BCUT2D eigenvalue weighted by Gasteiger charge is 2.52. The second-order valence-corrected chi connectivity index (χ2v) is 11.6. The monoisotopic (exact) mass is 501 g/mol. The van der Waals surface area contributed by atoms with E-state index in [0.29, 0.717) is 24.9 Å². The van der Waals surface area contributed by atoms with Gasteiger partial charge in [-0.15, -0.1) is 0 Å². The lowest BCUT2D eigenvalue weighted by molar-refractivity contribution is -0.118. The first kappa shape index (κ1) is 24.9. The fourth-order valence-corrected chi connectivity index (χ4v) is 6.17. The van der Waals surface area contributed by atoms with Crippen molar-refractivity contribution >= 4 is 34.1 Å². The number of nitrogens with zero attached hydrogens (tertiary/aromatic N) is 2. The summed E-state index contributed by atoms with van der Waals surface area (Å²) in [4.78, 5) is 19.6. The third-order valence-corrected chi connectivity index (χ3v) is 9.01. The minimum absolute atomic E-state index is 0.000101. The van der Waals surface area contributed by atoms with Crippen molar-refractivity contribution < 1.29 is 19.4 Å². The first-order chi connectivity index (χ1) is 16.6. The Bertz CT molecular complexity index is 1120. The second-order valence-electron chi connectivity index (χ2n) is 11.2. The molecule has 35 heavy (non-hydrogen) atoms. The summed E-state index contributed by atoms with van der Waals surface area (Å²) in [6.45, 7) is 8.92. The normalized spacial score (nSPS) is 30.1. The lowest BCUT2D eigenvalue weighted by Gasteiger charge is -2.43. The van der Waals surface area contributed by atoms with Gasteiger partial charge in [-0.3, -0.25) is 9.69 Å². The highest BCUT2D eigenvalue weighted by Crippen LogP contribution is 2.48. The first-order valence-corrected chi connectivity index (χ1v) is 13.0. The number of amides is 1. The smallest absolute Gasteiger partial charge is 0.229 e. The second kappa shape index (κ2) is 9.27. The molecular formula is C27H36ClN3O4. The van der Waals surface area contributed by atoms with E-state index in [0.717, 1.165) is 53.7 Å². The number of fused-ring (bicyclic) bond motifs is 1. The van der Waals surface area contributed by atoms with E-state index in [1.807, 2.05) is 26.0 Å². The van der Waals surface area contributed by atoms with Gasteiger partial charge in [0.2, 0.25) is 5.91 Å². The van der Waals surface area contributed by atoms with Crippen LogP contribution in [0.25, 0.3) is 10.8 Å². The summed E-state index contributed by atoms with van der Waals surface area (Å²) in [7, 11) is 1.69. The van der Waals surface area contributed by atoms with Gasteiger partial charge >= 0.3 is 0 Å². The molecule has 2 aromatic rings. The number of piperidine rings is 1. The minimum atomic E-state index is -0.448. The number of methoxy groups -OCH3 is 1. The van der Waals surface area contributed by atoms with Crippen molar-refractivity contribution in [2.45, 2.75) is 63.2 Å². The van der Waals surface area contributed by atoms with Crippen LogP contribution in [0, 0.1) is 11.8 Å². The number of benzene rings is 1. The van der Waals surface area contributed by atoms with Gasteiger partial charge < -0.3 is 19.9 Å². The summed E-state index contributed by atoms with van der Waals surface area (Å²) >= 11 is 6.71. The number of hydrogen-bond acceptors (Lipinski definition) is 6. The molecule has 2 N–H and O–H groups in total. The number of likely N-dealkylation sites (tertiary alicyclic amines) is 1. The number of ether oxygens (including phenoxy) is 2. The zero-order valence-corrected chi connectivity index (χ0v) is 21.8. The van der Waals surface area contributed by atoms with Crippen LogP contribution in [0.2, 0.25) is 5.02 Å². The number of halogens is 1. The Hall–Kier alpha value is -1.77. The third kappa shape index (κ3) is 4.69. The molecule has 0 spiro atoms. The number of pyridine rings is 1. The molecule has 7 nitrogen and oxygen atoms in total. The van der Waals surface area contributed by atoms with E-state index in [4.69, 9.17) is 21.1 Å². The van der Waals surface area contributed by atoms with E-state index in [1.54, 1.807) is 13.3 Å². The molecule has 2 saturated heterocycles. The molecular weight excluding hydrogens is 466 g/mol. The Balaban J connectivity index is 1.28. The molecule has 0 radical (unpaired) electrons. The zero-order valence-electron chi connectivity index (χ0n) is 21.0. The summed E-state index contributed by atoms with van der Waals surface area (Å²) in [5.74, 6) is 1.10. The number of anilines is 1. The number of hydrogen-bond donors (Lipinski definition) is 2. The molecule has 3 aliphatic rings. The summed E-state index contributed by atoms with van der Waals surface area (Å²) in [6, 6.07) is 6.07. The number of rotatable bonds is 6. The summed E-state index contributed by atoms with van der Waals surface area (Å²) < 4.78 is 11.1. The van der Waals surface area contributed by atoms with Crippen molar-refractivity contribution in [1.82, 2.24) is 9.88 Å². The number of carbonyl (C=O) groups excluding carboxylic acids is 1. The molecule has 1 aromatic heterocycles. The van der Waals surface area contributed by atoms with Gasteiger partial charge in [-0.2, -0.15) is 0 Å². The van der Waals surface area contributed by atoms with E-state index in [9.17, 15) is 9.90 Å². The van der Waals surface area contributed by atoms with Gasteiger partial charge in [0.15, 0.2) is 0 Å². The van der Waals surface area contributed by atoms with Gasteiger partial charge in [0.25, 0.3) is 0 Å². The van der Waals surface area contributed by atoms with E-state index in [2.05, 4.69) is 28.2 Å². The van der Waals surface area contributed by atoms with Crippen molar-refractivity contribution in [2.75, 3.05) is 38.7 Å². The molecule has 2 unspecified atom stereocenters. The molecule has 0 bridgehead atoms. The molecule has 4 atom stereocenters. The number of aliphatic hydroxyl groups is 1. The van der Waals surface area contributed by atoms with E-state index < -0.39 is 6.10 Å². The van der Waals surface area contributed by atoms with E-state index in [-0.39, 0.29) is 28.9 Å². The predicted molar refractivity (Wildman–Crippen MR) is 137 cm³/mol. The molecule has 1 saturated carbocycles. The van der Waals surface area contributed by atoms with Crippen LogP contribution in [-0.2, 0) is 14.3 Å². The fraction of sp³-hybridized carbons (Fsp3) is 0.630. The number of aliphatic hydroxyl groups excluding tert-OH is 1. The summed E-state index contributed by atoms with van der Waals surface area (Å²) in [6.07, 6.45) is 4.10. The van der Waals surface area contributed by atoms with Crippen LogP contribution in [-0.4, -0.2) is 71.6 Å². The molecule has 8 heteroatoms. The quantitative estimate of drug-likeness (QED) is 0.616. The Morgan fingerprint density at radius 2 is 2.03 bits per heavy atom. The minimum Gasteiger partial charge on any atom is -0.389 e. The van der Waals surface area contributed by atoms with Gasteiger partial charge in [0.1, 0.15) is 5.82 Å². The van der Waals surface area contributed by atoms with Crippen molar-refractivity contribution in [3.63, 3.8) is 0 Å². The predicted octanol–water partition coefficient (Wildman–Crippen LogP) is 4.22. The maximum absolute atomic E-state index is 12.8. The SMILES string of the molecule is COC(C)(C)C1CC1C(=O)Nc1cc2cc(C3CCN([C@]4(C)COC[C@@H]4O)CC3)c(Cl)cc2cn1. The van der Waals surface area contributed by atoms with Gasteiger partial charge in [-0.1, -0.05) is 11.6 Å². The van der Waals surface area contributed by atoms with Gasteiger partial charge in [-0.05, 0) is 94.1 Å². The average Bonchev–Trinajstić information content (AvgIpc) is 3.59. The molecule has 1 aliphatic carbocycles. The number of carbonyl (C=O) groups is 1. The molecule has 190 valence electrons. The Kier molecular flexibility index (Phi) is 6.60. The first-order valence-electron chi connectivity index (χ1n) is 12.6. The molecule has 1 amide bonds. The zero-order chi connectivity index (χ0) is 25.0. The van der Waals surface area contributed by atoms with Gasteiger partial charge in [-0.25, -0.2) is 4.98 Å². The molecule has 1 aromatic carbocycles. The highest BCUT2D eigenvalue weighted by molar-refractivity contribution is 6.32. The van der Waals surface area contributed by atoms with Crippen LogP contribution in [0.4, 0.5) is 5.82 Å². The highest BCUT2D eigenvalue weighted by atomic mass is 35.5. The molecule has 5 rings (SSSR count). The Labute approximate surface area is 212 Å². The van der Waals surface area contributed by atoms with E-state index >= 15 is 0 Å². The van der Waals surface area contributed by atoms with Crippen molar-refractivity contribution in [2.24, 2.45) is 11.8 Å².